The van der Waals surface area contributed by atoms with Gasteiger partial charge < -0.3 is 20.4 Å². The lowest BCUT2D eigenvalue weighted by atomic mass is 10.0. The first-order valence-electron chi connectivity index (χ1n) is 10.7. The van der Waals surface area contributed by atoms with Gasteiger partial charge in [0.15, 0.2) is 0 Å². The van der Waals surface area contributed by atoms with Gasteiger partial charge in [-0.2, -0.15) is 0 Å². The Morgan fingerprint density at radius 1 is 1.10 bits per heavy atom. The SMILES string of the molecule is CCCNC(=O)c1ccc(NCc2ccccc2N(C)C2CCN(C)CC2)cc1. The van der Waals surface area contributed by atoms with Crippen molar-refractivity contribution in [1.82, 2.24) is 10.2 Å². The molecule has 3 rings (SSSR count). The summed E-state index contributed by atoms with van der Waals surface area (Å²) < 4.78 is 0. The van der Waals surface area contributed by atoms with Crippen LogP contribution in [0.15, 0.2) is 48.5 Å². The van der Waals surface area contributed by atoms with E-state index in [-0.39, 0.29) is 5.91 Å². The molecule has 1 fully saturated rings. The molecule has 2 N–H and O–H groups in total. The largest absolute Gasteiger partial charge is 0.381 e. The van der Waals surface area contributed by atoms with Crippen molar-refractivity contribution in [3.63, 3.8) is 0 Å². The van der Waals surface area contributed by atoms with Gasteiger partial charge in [0.1, 0.15) is 0 Å². The molecule has 5 nitrogen and oxygen atoms in total. The molecule has 0 radical (unpaired) electrons. The molecule has 1 saturated heterocycles. The van der Waals surface area contributed by atoms with Gasteiger partial charge in [0.2, 0.25) is 0 Å². The highest BCUT2D eigenvalue weighted by molar-refractivity contribution is 5.94. The summed E-state index contributed by atoms with van der Waals surface area (Å²) in [6.45, 7) is 5.84. The number of anilines is 2. The number of amides is 1. The zero-order valence-electron chi connectivity index (χ0n) is 17.9. The van der Waals surface area contributed by atoms with Gasteiger partial charge in [0, 0.05) is 43.1 Å². The quantitative estimate of drug-likeness (QED) is 0.711. The highest BCUT2D eigenvalue weighted by Gasteiger charge is 2.22. The van der Waals surface area contributed by atoms with Crippen molar-refractivity contribution < 1.29 is 4.79 Å². The summed E-state index contributed by atoms with van der Waals surface area (Å²) in [4.78, 5) is 16.9. The minimum Gasteiger partial charge on any atom is -0.381 e. The Morgan fingerprint density at radius 3 is 2.48 bits per heavy atom. The number of para-hydroxylation sites is 1. The smallest absolute Gasteiger partial charge is 0.251 e. The number of carbonyl (C=O) groups excluding carboxylic acids is 1. The molecule has 0 aromatic heterocycles. The Labute approximate surface area is 175 Å². The Morgan fingerprint density at radius 2 is 1.79 bits per heavy atom. The Bertz CT molecular complexity index is 782. The Kier molecular flexibility index (Phi) is 7.53. The summed E-state index contributed by atoms with van der Waals surface area (Å²) in [5.41, 5.74) is 4.31. The fourth-order valence-corrected chi connectivity index (χ4v) is 3.86. The van der Waals surface area contributed by atoms with Crippen LogP contribution in [0.5, 0.6) is 0 Å². The molecule has 156 valence electrons. The second-order valence-corrected chi connectivity index (χ2v) is 7.96. The lowest BCUT2D eigenvalue weighted by Gasteiger charge is -2.37. The molecule has 5 heteroatoms. The molecule has 1 amide bonds. The van der Waals surface area contributed by atoms with E-state index in [0.717, 1.165) is 31.7 Å². The van der Waals surface area contributed by atoms with Crippen LogP contribution < -0.4 is 15.5 Å². The molecule has 2 aromatic rings. The number of nitrogens with one attached hydrogen (secondary N) is 2. The molecule has 2 aromatic carbocycles. The molecule has 0 spiro atoms. The molecule has 0 bridgehead atoms. The fourth-order valence-electron chi connectivity index (χ4n) is 3.86. The van der Waals surface area contributed by atoms with E-state index in [9.17, 15) is 4.79 Å². The fraction of sp³-hybridized carbons (Fsp3) is 0.458. The number of hydrogen-bond donors (Lipinski definition) is 2. The van der Waals surface area contributed by atoms with Crippen LogP contribution in [0.3, 0.4) is 0 Å². The van der Waals surface area contributed by atoms with Crippen molar-refractivity contribution in [2.24, 2.45) is 0 Å². The van der Waals surface area contributed by atoms with E-state index >= 15 is 0 Å². The van der Waals surface area contributed by atoms with Gasteiger partial charge in [0.05, 0.1) is 0 Å². The number of hydrogen-bond acceptors (Lipinski definition) is 4. The molecule has 1 aliphatic heterocycles. The maximum absolute atomic E-state index is 12.0. The molecule has 0 aliphatic carbocycles. The maximum atomic E-state index is 12.0. The summed E-state index contributed by atoms with van der Waals surface area (Å²) in [6, 6.07) is 16.9. The van der Waals surface area contributed by atoms with Gasteiger partial charge in [-0.05, 0) is 75.3 Å². The van der Waals surface area contributed by atoms with Crippen LogP contribution in [0.2, 0.25) is 0 Å². The summed E-state index contributed by atoms with van der Waals surface area (Å²) >= 11 is 0. The molecule has 1 aliphatic rings. The number of rotatable bonds is 8. The number of carbonyl (C=O) groups is 1. The minimum atomic E-state index is -0.0107. The Hall–Kier alpha value is -2.53. The molecule has 0 saturated carbocycles. The standard InChI is InChI=1S/C24H34N4O/c1-4-15-25-24(29)19-9-11-21(12-10-19)26-18-20-7-5-6-8-23(20)28(3)22-13-16-27(2)17-14-22/h5-12,22,26H,4,13-18H2,1-3H3,(H,25,29). The Balaban J connectivity index is 1.62. The van der Waals surface area contributed by atoms with Gasteiger partial charge in [-0.15, -0.1) is 0 Å². The van der Waals surface area contributed by atoms with E-state index in [1.807, 2.05) is 24.3 Å². The van der Waals surface area contributed by atoms with Gasteiger partial charge in [-0.3, -0.25) is 4.79 Å². The lowest BCUT2D eigenvalue weighted by molar-refractivity contribution is 0.0953. The number of likely N-dealkylation sites (tertiary alicyclic amines) is 1. The lowest BCUT2D eigenvalue weighted by Crippen LogP contribution is -2.42. The van der Waals surface area contributed by atoms with Crippen LogP contribution in [0.4, 0.5) is 11.4 Å². The van der Waals surface area contributed by atoms with Crippen LogP contribution >= 0.6 is 0 Å². The summed E-state index contributed by atoms with van der Waals surface area (Å²) in [6.07, 6.45) is 3.35. The molecular weight excluding hydrogens is 360 g/mol. The van der Waals surface area contributed by atoms with E-state index in [1.54, 1.807) is 0 Å². The van der Waals surface area contributed by atoms with Crippen molar-refractivity contribution in [3.8, 4) is 0 Å². The van der Waals surface area contributed by atoms with Gasteiger partial charge in [-0.25, -0.2) is 0 Å². The van der Waals surface area contributed by atoms with E-state index < -0.39 is 0 Å². The summed E-state index contributed by atoms with van der Waals surface area (Å²) in [5.74, 6) is -0.0107. The van der Waals surface area contributed by atoms with Crippen molar-refractivity contribution in [2.75, 3.05) is 43.9 Å². The third kappa shape index (κ3) is 5.73. The third-order valence-corrected chi connectivity index (χ3v) is 5.77. The number of nitrogens with zero attached hydrogens (tertiary/aromatic N) is 2. The summed E-state index contributed by atoms with van der Waals surface area (Å²) in [7, 11) is 4.42. The maximum Gasteiger partial charge on any atom is 0.251 e. The highest BCUT2D eigenvalue weighted by Crippen LogP contribution is 2.26. The van der Waals surface area contributed by atoms with Crippen LogP contribution in [0.1, 0.15) is 42.1 Å². The molecule has 1 heterocycles. The zero-order valence-corrected chi connectivity index (χ0v) is 17.9. The minimum absolute atomic E-state index is 0.0107. The second-order valence-electron chi connectivity index (χ2n) is 7.96. The van der Waals surface area contributed by atoms with Gasteiger partial charge in [-0.1, -0.05) is 25.1 Å². The van der Waals surface area contributed by atoms with E-state index in [0.29, 0.717) is 18.2 Å². The van der Waals surface area contributed by atoms with Gasteiger partial charge >= 0.3 is 0 Å². The zero-order chi connectivity index (χ0) is 20.6. The van der Waals surface area contributed by atoms with Crippen LogP contribution in [-0.2, 0) is 6.54 Å². The van der Waals surface area contributed by atoms with Crippen molar-refractivity contribution in [3.05, 3.63) is 59.7 Å². The van der Waals surface area contributed by atoms with Crippen molar-refractivity contribution in [1.29, 1.82) is 0 Å². The molecular formula is C24H34N4O. The first-order valence-corrected chi connectivity index (χ1v) is 10.7. The molecule has 0 atom stereocenters. The van der Waals surface area contributed by atoms with Crippen LogP contribution in [0, 0.1) is 0 Å². The number of piperidine rings is 1. The van der Waals surface area contributed by atoms with Crippen molar-refractivity contribution in [2.45, 2.75) is 38.8 Å². The topological polar surface area (TPSA) is 47.6 Å². The van der Waals surface area contributed by atoms with E-state index in [2.05, 4.69) is 65.7 Å². The summed E-state index contributed by atoms with van der Waals surface area (Å²) in [5, 5.41) is 6.42. The number of benzene rings is 2. The molecule has 0 unspecified atom stereocenters. The normalized spacial score (nSPS) is 15.1. The van der Waals surface area contributed by atoms with Gasteiger partial charge in [0.25, 0.3) is 5.91 Å². The predicted octanol–water partition coefficient (Wildman–Crippen LogP) is 3.97. The predicted molar refractivity (Wildman–Crippen MR) is 122 cm³/mol. The average molecular weight is 395 g/mol. The first-order chi connectivity index (χ1) is 14.1. The van der Waals surface area contributed by atoms with E-state index in [1.165, 1.54) is 24.1 Å². The van der Waals surface area contributed by atoms with E-state index in [4.69, 9.17) is 0 Å². The second kappa shape index (κ2) is 10.3. The highest BCUT2D eigenvalue weighted by atomic mass is 16.1. The first kappa shape index (κ1) is 21.2. The van der Waals surface area contributed by atoms with Crippen LogP contribution in [-0.4, -0.2) is 50.6 Å². The van der Waals surface area contributed by atoms with Crippen LogP contribution in [0.25, 0.3) is 0 Å². The monoisotopic (exact) mass is 394 g/mol. The average Bonchev–Trinajstić information content (AvgIpc) is 2.76. The molecule has 29 heavy (non-hydrogen) atoms. The van der Waals surface area contributed by atoms with Crippen molar-refractivity contribution >= 4 is 17.3 Å². The third-order valence-electron chi connectivity index (χ3n) is 5.77.